The molecule has 21 heavy (non-hydrogen) atoms. The minimum atomic E-state index is -3.61. The van der Waals surface area contributed by atoms with Gasteiger partial charge in [-0.3, -0.25) is 5.10 Å². The highest BCUT2D eigenvalue weighted by atomic mass is 32.2. The van der Waals surface area contributed by atoms with Crippen molar-refractivity contribution in [1.82, 2.24) is 20.2 Å². The van der Waals surface area contributed by atoms with Crippen LogP contribution in [-0.4, -0.2) is 25.2 Å². The summed E-state index contributed by atoms with van der Waals surface area (Å²) in [4.78, 5) is 1.22. The van der Waals surface area contributed by atoms with Crippen LogP contribution >= 0.6 is 11.3 Å². The van der Waals surface area contributed by atoms with Gasteiger partial charge in [0.25, 0.3) is 0 Å². The van der Waals surface area contributed by atoms with E-state index in [0.717, 1.165) is 11.4 Å². The molecule has 0 radical (unpaired) electrons. The normalized spacial score (nSPS) is 13.5. The van der Waals surface area contributed by atoms with E-state index in [0.29, 0.717) is 17.9 Å². The number of hydrogen-bond donors (Lipinski definition) is 3. The first-order valence-electron chi connectivity index (χ1n) is 6.76. The zero-order valence-electron chi connectivity index (χ0n) is 12.3. The van der Waals surface area contributed by atoms with E-state index in [9.17, 15) is 8.42 Å². The predicted molar refractivity (Wildman–Crippen MR) is 83.8 cm³/mol. The minimum absolute atomic E-state index is 0.242. The topological polar surface area (TPSA) is 86.9 Å². The van der Waals surface area contributed by atoms with Gasteiger partial charge >= 0.3 is 0 Å². The number of nitrogens with zero attached hydrogens (tertiary/aromatic N) is 1. The molecular weight excluding hydrogens is 308 g/mol. The maximum atomic E-state index is 12.6. The van der Waals surface area contributed by atoms with Crippen molar-refractivity contribution < 1.29 is 8.42 Å². The number of sulfonamides is 1. The van der Waals surface area contributed by atoms with E-state index >= 15 is 0 Å². The smallest absolute Gasteiger partial charge is 0.244 e. The molecular formula is C13H20N4O2S2. The van der Waals surface area contributed by atoms with Gasteiger partial charge in [-0.2, -0.15) is 5.10 Å². The number of aromatic amines is 1. The molecule has 0 aliphatic carbocycles. The minimum Gasteiger partial charge on any atom is -0.311 e. The Kier molecular flexibility index (Phi) is 5.15. The van der Waals surface area contributed by atoms with Gasteiger partial charge < -0.3 is 5.32 Å². The molecule has 2 heterocycles. The lowest BCUT2D eigenvalue weighted by molar-refractivity contribution is 0.565. The summed E-state index contributed by atoms with van der Waals surface area (Å²) in [6.07, 6.45) is 0. The molecule has 0 spiro atoms. The maximum absolute atomic E-state index is 12.6. The van der Waals surface area contributed by atoms with Crippen LogP contribution in [0.1, 0.15) is 36.2 Å². The van der Waals surface area contributed by atoms with Gasteiger partial charge in [-0.25, -0.2) is 13.1 Å². The van der Waals surface area contributed by atoms with Gasteiger partial charge in [-0.15, -0.1) is 11.3 Å². The van der Waals surface area contributed by atoms with E-state index in [2.05, 4.69) is 20.2 Å². The highest BCUT2D eigenvalue weighted by Gasteiger charge is 2.26. The molecule has 8 heteroatoms. The molecule has 1 atom stereocenters. The average Bonchev–Trinajstić information content (AvgIpc) is 3.05. The van der Waals surface area contributed by atoms with Crippen LogP contribution in [0.4, 0.5) is 0 Å². The Balaban J connectivity index is 2.25. The third kappa shape index (κ3) is 3.70. The van der Waals surface area contributed by atoms with Crippen molar-refractivity contribution in [1.29, 1.82) is 0 Å². The molecule has 0 saturated carbocycles. The van der Waals surface area contributed by atoms with E-state index < -0.39 is 10.0 Å². The Morgan fingerprint density at radius 2 is 2.24 bits per heavy atom. The second-order valence-corrected chi connectivity index (χ2v) is 7.39. The molecule has 0 aliphatic rings. The Bertz CT molecular complexity index is 677. The SMILES string of the molecule is CCNCc1n[nH]c(C)c1S(=O)(=O)NC(C)c1cccs1. The first kappa shape index (κ1) is 16.2. The first-order chi connectivity index (χ1) is 9.95. The first-order valence-corrected chi connectivity index (χ1v) is 9.12. The molecule has 0 fully saturated rings. The molecule has 0 aromatic carbocycles. The molecule has 2 aromatic heterocycles. The Morgan fingerprint density at radius 3 is 2.86 bits per heavy atom. The summed E-state index contributed by atoms with van der Waals surface area (Å²) in [5.41, 5.74) is 1.06. The lowest BCUT2D eigenvalue weighted by Gasteiger charge is -2.13. The summed E-state index contributed by atoms with van der Waals surface area (Å²) >= 11 is 1.53. The highest BCUT2D eigenvalue weighted by molar-refractivity contribution is 7.89. The molecule has 2 rings (SSSR count). The zero-order valence-corrected chi connectivity index (χ0v) is 13.9. The van der Waals surface area contributed by atoms with E-state index in [1.54, 1.807) is 6.92 Å². The number of H-pyrrole nitrogens is 1. The van der Waals surface area contributed by atoms with Crippen molar-refractivity contribution in [2.75, 3.05) is 6.54 Å². The second-order valence-electron chi connectivity index (χ2n) is 4.76. The Morgan fingerprint density at radius 1 is 1.48 bits per heavy atom. The summed E-state index contributed by atoms with van der Waals surface area (Å²) in [6, 6.07) is 3.56. The molecule has 2 aromatic rings. The van der Waals surface area contributed by atoms with Gasteiger partial charge in [0.05, 0.1) is 17.4 Å². The van der Waals surface area contributed by atoms with Crippen LogP contribution in [0.15, 0.2) is 22.4 Å². The summed E-state index contributed by atoms with van der Waals surface area (Å²) in [5, 5.41) is 11.9. The molecule has 1 unspecified atom stereocenters. The lowest BCUT2D eigenvalue weighted by Crippen LogP contribution is -2.28. The van der Waals surface area contributed by atoms with Gasteiger partial charge in [0.2, 0.25) is 10.0 Å². The Hall–Kier alpha value is -1.22. The van der Waals surface area contributed by atoms with Crippen molar-refractivity contribution in [3.05, 3.63) is 33.8 Å². The van der Waals surface area contributed by atoms with E-state index in [4.69, 9.17) is 0 Å². The molecule has 0 aliphatic heterocycles. The van der Waals surface area contributed by atoms with Crippen LogP contribution < -0.4 is 10.0 Å². The summed E-state index contributed by atoms with van der Waals surface area (Å²) in [6.45, 7) is 6.69. The fourth-order valence-corrected chi connectivity index (χ4v) is 4.47. The van der Waals surface area contributed by atoms with Gasteiger partial charge in [0.1, 0.15) is 4.90 Å². The number of aryl methyl sites for hydroxylation is 1. The second kappa shape index (κ2) is 6.69. The Labute approximate surface area is 129 Å². The highest BCUT2D eigenvalue weighted by Crippen LogP contribution is 2.23. The number of rotatable bonds is 7. The van der Waals surface area contributed by atoms with Crippen LogP contribution in [0.5, 0.6) is 0 Å². The number of thiophene rings is 1. The molecule has 0 amide bonds. The number of hydrogen-bond acceptors (Lipinski definition) is 5. The largest absolute Gasteiger partial charge is 0.311 e. The monoisotopic (exact) mass is 328 g/mol. The lowest BCUT2D eigenvalue weighted by atomic mass is 10.3. The van der Waals surface area contributed by atoms with Crippen molar-refractivity contribution >= 4 is 21.4 Å². The molecule has 0 saturated heterocycles. The quantitative estimate of drug-likeness (QED) is 0.725. The van der Waals surface area contributed by atoms with Gasteiger partial charge in [-0.1, -0.05) is 13.0 Å². The third-order valence-corrected chi connectivity index (χ3v) is 5.87. The maximum Gasteiger partial charge on any atom is 0.244 e. The van der Waals surface area contributed by atoms with Crippen LogP contribution in [0.2, 0.25) is 0 Å². The van der Waals surface area contributed by atoms with Gasteiger partial charge in [0, 0.05) is 11.4 Å². The summed E-state index contributed by atoms with van der Waals surface area (Å²) < 4.78 is 27.9. The van der Waals surface area contributed by atoms with Crippen molar-refractivity contribution in [2.24, 2.45) is 0 Å². The van der Waals surface area contributed by atoms with Crippen LogP contribution in [0.3, 0.4) is 0 Å². The summed E-state index contributed by atoms with van der Waals surface area (Å²) in [7, 11) is -3.61. The fourth-order valence-electron chi connectivity index (χ4n) is 2.08. The average molecular weight is 328 g/mol. The van der Waals surface area contributed by atoms with E-state index in [1.165, 1.54) is 11.3 Å². The molecule has 116 valence electrons. The van der Waals surface area contributed by atoms with Gasteiger partial charge in [-0.05, 0) is 31.8 Å². The van der Waals surface area contributed by atoms with E-state index in [1.807, 2.05) is 31.4 Å². The van der Waals surface area contributed by atoms with Crippen LogP contribution in [0.25, 0.3) is 0 Å². The standard InChI is InChI=1S/C13H20N4O2S2/c1-4-14-8-11-13(10(3)15-16-11)21(18,19)17-9(2)12-6-5-7-20-12/h5-7,9,14,17H,4,8H2,1-3H3,(H,15,16). The number of aromatic nitrogens is 2. The third-order valence-electron chi connectivity index (χ3n) is 3.07. The number of nitrogens with one attached hydrogen (secondary N) is 3. The molecule has 0 bridgehead atoms. The van der Waals surface area contributed by atoms with Crippen molar-refractivity contribution in [3.8, 4) is 0 Å². The van der Waals surface area contributed by atoms with Crippen molar-refractivity contribution in [3.63, 3.8) is 0 Å². The van der Waals surface area contributed by atoms with Crippen molar-refractivity contribution in [2.45, 2.75) is 38.3 Å². The van der Waals surface area contributed by atoms with E-state index in [-0.39, 0.29) is 10.9 Å². The van der Waals surface area contributed by atoms with Crippen LogP contribution in [-0.2, 0) is 16.6 Å². The fraction of sp³-hybridized carbons (Fsp3) is 0.462. The van der Waals surface area contributed by atoms with Crippen LogP contribution in [0, 0.1) is 6.92 Å². The molecule has 6 nitrogen and oxygen atoms in total. The zero-order chi connectivity index (χ0) is 15.5. The molecule has 3 N–H and O–H groups in total. The van der Waals surface area contributed by atoms with Gasteiger partial charge in [0.15, 0.2) is 0 Å². The predicted octanol–water partition coefficient (Wildman–Crippen LogP) is 1.93. The summed E-state index contributed by atoms with van der Waals surface area (Å²) in [5.74, 6) is 0.